The van der Waals surface area contributed by atoms with Gasteiger partial charge in [-0.1, -0.05) is 0 Å². The molecule has 1 aromatic heterocycles. The van der Waals surface area contributed by atoms with Crippen LogP contribution in [0.5, 0.6) is 0 Å². The average Bonchev–Trinajstić information content (AvgIpc) is 3.21. The lowest BCUT2D eigenvalue weighted by Crippen LogP contribution is -2.52. The normalized spacial score (nSPS) is 29.3. The number of aromatic nitrogens is 2. The van der Waals surface area contributed by atoms with Gasteiger partial charge in [-0.3, -0.25) is 23.9 Å². The molecule has 2 amide bonds. The van der Waals surface area contributed by atoms with E-state index in [9.17, 15) is 44.0 Å². The van der Waals surface area contributed by atoms with Crippen LogP contribution in [-0.4, -0.2) is 85.2 Å². The molecule has 1 saturated heterocycles. The summed E-state index contributed by atoms with van der Waals surface area (Å²) in [7, 11) is 0. The summed E-state index contributed by atoms with van der Waals surface area (Å²) < 4.78 is 30.5. The summed E-state index contributed by atoms with van der Waals surface area (Å²) in [5.41, 5.74) is 3.99. The van der Waals surface area contributed by atoms with Crippen molar-refractivity contribution in [2.45, 2.75) is 43.0 Å². The predicted octanol–water partition coefficient (Wildman–Crippen LogP) is -2.99. The van der Waals surface area contributed by atoms with Gasteiger partial charge in [-0.05, 0) is 30.3 Å². The van der Waals surface area contributed by atoms with Crippen molar-refractivity contribution in [2.24, 2.45) is 11.7 Å². The Bertz CT molecular complexity index is 1360. The summed E-state index contributed by atoms with van der Waals surface area (Å²) in [6.45, 7) is -0.768. The minimum atomic E-state index is -1.87. The Balaban J connectivity index is 1.54. The fourth-order valence-electron chi connectivity index (χ4n) is 4.18. The highest BCUT2D eigenvalue weighted by atomic mass is 19.1. The quantitative estimate of drug-likeness (QED) is 0.174. The molecule has 0 radical (unpaired) electrons. The molecule has 0 bridgehead atoms. The average molecular weight is 552 g/mol. The van der Waals surface area contributed by atoms with Gasteiger partial charge in [0.2, 0.25) is 12.2 Å². The first-order valence-electron chi connectivity index (χ1n) is 11.5. The number of rotatable bonds is 8. The number of nitrogens with one attached hydrogen (secondary N) is 2. The lowest BCUT2D eigenvalue weighted by Gasteiger charge is -2.35. The summed E-state index contributed by atoms with van der Waals surface area (Å²) >= 11 is 0. The van der Waals surface area contributed by atoms with Gasteiger partial charge < -0.3 is 45.7 Å². The molecule has 0 spiro atoms. The first kappa shape index (κ1) is 28.1. The third-order valence-electron chi connectivity index (χ3n) is 6.16. The Kier molecular flexibility index (Phi) is 8.24. The largest absolute Gasteiger partial charge is 0.456 e. The van der Waals surface area contributed by atoms with E-state index >= 15 is 0 Å². The predicted molar refractivity (Wildman–Crippen MR) is 126 cm³/mol. The molecule has 0 aliphatic carbocycles. The number of amides is 2. The second-order valence-electron chi connectivity index (χ2n) is 8.76. The maximum Gasteiger partial charge on any atom is 0.330 e. The molecule has 8 N–H and O–H groups in total. The zero-order chi connectivity index (χ0) is 28.4. The van der Waals surface area contributed by atoms with E-state index in [0.29, 0.717) is 0 Å². The van der Waals surface area contributed by atoms with E-state index in [4.69, 9.17) is 19.9 Å². The highest BCUT2D eigenvalue weighted by Gasteiger charge is 2.51. The number of hydrogen-bond acceptors (Lipinski definition) is 11. The number of halogens is 1. The van der Waals surface area contributed by atoms with E-state index in [2.05, 4.69) is 5.32 Å². The molecule has 1 aromatic carbocycles. The van der Waals surface area contributed by atoms with Crippen molar-refractivity contribution in [3.05, 3.63) is 75.0 Å². The Morgan fingerprint density at radius 1 is 1.15 bits per heavy atom. The number of aliphatic hydroxyl groups excluding tert-OH is 4. The lowest BCUT2D eigenvalue weighted by atomic mass is 9.94. The summed E-state index contributed by atoms with van der Waals surface area (Å²) in [5.74, 6) is -4.42. The fourth-order valence-corrected chi connectivity index (χ4v) is 4.18. The highest BCUT2D eigenvalue weighted by Crippen LogP contribution is 2.36. The molecule has 2 aliphatic rings. The Hall–Kier alpha value is -3.93. The number of aliphatic hydroxyl groups is 4. The number of hydrogen-bond donors (Lipinski definition) is 7. The maximum atomic E-state index is 13.1. The molecule has 210 valence electrons. The number of anilines is 1. The van der Waals surface area contributed by atoms with Gasteiger partial charge in [0.15, 0.2) is 18.1 Å². The Morgan fingerprint density at radius 3 is 2.46 bits per heavy atom. The van der Waals surface area contributed by atoms with Crippen LogP contribution in [0.15, 0.2) is 58.0 Å². The van der Waals surface area contributed by atoms with E-state index in [-0.39, 0.29) is 5.69 Å². The molecular weight excluding hydrogens is 527 g/mol. The number of ether oxygens (including phenoxy) is 3. The van der Waals surface area contributed by atoms with Gasteiger partial charge in [0.05, 0.1) is 6.61 Å². The molecular formula is C23H25FN4O11. The molecule has 4 rings (SSSR count). The van der Waals surface area contributed by atoms with E-state index in [1.54, 1.807) is 0 Å². The molecule has 1 fully saturated rings. The Morgan fingerprint density at radius 2 is 1.85 bits per heavy atom. The van der Waals surface area contributed by atoms with Crippen molar-refractivity contribution in [3.8, 4) is 0 Å². The van der Waals surface area contributed by atoms with Crippen molar-refractivity contribution in [2.75, 3.05) is 11.9 Å². The molecule has 0 saturated carbocycles. The lowest BCUT2D eigenvalue weighted by molar-refractivity contribution is -0.239. The van der Waals surface area contributed by atoms with Gasteiger partial charge in [0, 0.05) is 23.9 Å². The second kappa shape index (κ2) is 11.4. The third kappa shape index (κ3) is 5.90. The van der Waals surface area contributed by atoms with Crippen LogP contribution in [-0.2, 0) is 23.8 Å². The minimum Gasteiger partial charge on any atom is -0.456 e. The first-order chi connectivity index (χ1) is 18.5. The van der Waals surface area contributed by atoms with Gasteiger partial charge >= 0.3 is 5.69 Å². The number of carbonyl (C=O) groups is 2. The third-order valence-corrected chi connectivity index (χ3v) is 6.16. The monoisotopic (exact) mass is 552 g/mol. The molecule has 0 unspecified atom stereocenters. The zero-order valence-corrected chi connectivity index (χ0v) is 19.9. The van der Waals surface area contributed by atoms with Crippen LogP contribution in [0.1, 0.15) is 6.23 Å². The SMILES string of the molecule is NC(=O)[C@H](O[C@H]1OC(C(=O)Nc2ccc(F)cc2)=C[C@H](O)[C@@H]1O)[C@H]1O[C@@H](n2ccc(=O)[nH]c2=O)[C@H](O)[C@@H]1CO. The van der Waals surface area contributed by atoms with E-state index < -0.39 is 90.2 Å². The van der Waals surface area contributed by atoms with Crippen molar-refractivity contribution < 1.29 is 48.6 Å². The fraction of sp³-hybridized carbons (Fsp3) is 0.391. The highest BCUT2D eigenvalue weighted by molar-refractivity contribution is 6.02. The summed E-state index contributed by atoms with van der Waals surface area (Å²) in [5, 5.41) is 43.7. The van der Waals surface area contributed by atoms with Crippen LogP contribution in [0.25, 0.3) is 0 Å². The molecule has 16 heteroatoms. The Labute approximate surface area is 217 Å². The van der Waals surface area contributed by atoms with Gasteiger partial charge in [0.25, 0.3) is 11.5 Å². The molecule has 2 aromatic rings. The van der Waals surface area contributed by atoms with Crippen LogP contribution < -0.4 is 22.3 Å². The maximum absolute atomic E-state index is 13.1. The van der Waals surface area contributed by atoms with Crippen LogP contribution >= 0.6 is 0 Å². The van der Waals surface area contributed by atoms with Crippen LogP contribution in [0.3, 0.4) is 0 Å². The minimum absolute atomic E-state index is 0.182. The van der Waals surface area contributed by atoms with Crippen molar-refractivity contribution >= 4 is 17.5 Å². The molecule has 3 heterocycles. The van der Waals surface area contributed by atoms with Gasteiger partial charge in [-0.2, -0.15) is 0 Å². The molecule has 8 atom stereocenters. The number of nitrogens with two attached hydrogens (primary N) is 1. The second-order valence-corrected chi connectivity index (χ2v) is 8.76. The van der Waals surface area contributed by atoms with Gasteiger partial charge in [-0.15, -0.1) is 0 Å². The zero-order valence-electron chi connectivity index (χ0n) is 19.9. The smallest absolute Gasteiger partial charge is 0.330 e. The van der Waals surface area contributed by atoms with Crippen molar-refractivity contribution in [1.82, 2.24) is 9.55 Å². The van der Waals surface area contributed by atoms with Crippen molar-refractivity contribution in [1.29, 1.82) is 0 Å². The van der Waals surface area contributed by atoms with E-state index in [1.807, 2.05) is 4.98 Å². The van der Waals surface area contributed by atoms with E-state index in [0.717, 1.165) is 35.0 Å². The van der Waals surface area contributed by atoms with Crippen molar-refractivity contribution in [3.63, 3.8) is 0 Å². The van der Waals surface area contributed by atoms with Gasteiger partial charge in [-0.25, -0.2) is 9.18 Å². The molecule has 39 heavy (non-hydrogen) atoms. The van der Waals surface area contributed by atoms with E-state index in [1.165, 1.54) is 12.1 Å². The number of benzene rings is 1. The number of primary amides is 1. The summed E-state index contributed by atoms with van der Waals surface area (Å²) in [4.78, 5) is 50.6. The van der Waals surface area contributed by atoms with Crippen LogP contribution in [0, 0.1) is 11.7 Å². The van der Waals surface area contributed by atoms with Crippen LogP contribution in [0.4, 0.5) is 10.1 Å². The number of nitrogens with zero attached hydrogens (tertiary/aromatic N) is 1. The van der Waals surface area contributed by atoms with Crippen LogP contribution in [0.2, 0.25) is 0 Å². The first-order valence-corrected chi connectivity index (χ1v) is 11.5. The topological polar surface area (TPSA) is 236 Å². The number of aromatic amines is 1. The number of carbonyl (C=O) groups excluding carboxylic acids is 2. The summed E-state index contributed by atoms with van der Waals surface area (Å²) in [6, 6.07) is 5.70. The molecule has 2 aliphatic heterocycles. The summed E-state index contributed by atoms with van der Waals surface area (Å²) in [6.07, 6.45) is -9.91. The molecule has 15 nitrogen and oxygen atoms in total. The number of H-pyrrole nitrogens is 1. The van der Waals surface area contributed by atoms with Gasteiger partial charge in [0.1, 0.15) is 30.2 Å². The standard InChI is InChI=1S/C23H25FN4O11/c24-9-1-3-10(4-2-9)26-20(35)13-7-12(30)16(33)22(37-13)39-18(19(25)34)17-11(8-29)15(32)21(38-17)28-6-5-14(31)27-23(28)36/h1-7,11-12,15-18,21-22,29-30,32-33H,8H2,(H2,25,34)(H,26,35)(H,27,31,36)/t11-,12-,15+,16-,17-,18+,21+,22+/m0/s1.